The summed E-state index contributed by atoms with van der Waals surface area (Å²) < 4.78 is 0. The molecule has 25 heavy (non-hydrogen) atoms. The van der Waals surface area contributed by atoms with Crippen LogP contribution in [0.1, 0.15) is 50.2 Å². The molecular formula is C19H18ClNO4. The maximum Gasteiger partial charge on any atom is 0.201 e. The average molecular weight is 360 g/mol. The highest BCUT2D eigenvalue weighted by Crippen LogP contribution is 2.37. The van der Waals surface area contributed by atoms with E-state index in [1.807, 2.05) is 0 Å². The first kappa shape index (κ1) is 17.5. The molecule has 0 amide bonds. The van der Waals surface area contributed by atoms with Gasteiger partial charge in [-0.25, -0.2) is 0 Å². The molecule has 6 heteroatoms. The molecule has 1 aliphatic carbocycles. The van der Waals surface area contributed by atoms with Crippen molar-refractivity contribution in [3.8, 4) is 11.5 Å². The number of phenolic OH excluding ortho intramolecular Hbond substituents is 2. The second kappa shape index (κ2) is 6.50. The number of likely N-dealkylation sites (tertiary alicyclic amines) is 1. The minimum Gasteiger partial charge on any atom is -0.507 e. The highest BCUT2D eigenvalue weighted by Gasteiger charge is 2.34. The maximum atomic E-state index is 12.8. The quantitative estimate of drug-likeness (QED) is 0.735. The topological polar surface area (TPSA) is 77.8 Å². The predicted octanol–water partition coefficient (Wildman–Crippen LogP) is 2.89. The highest BCUT2D eigenvalue weighted by molar-refractivity contribution is 6.30. The Bertz CT molecular complexity index is 872. The third-order valence-electron chi connectivity index (χ3n) is 4.77. The van der Waals surface area contributed by atoms with Gasteiger partial charge in [0.2, 0.25) is 5.78 Å². The molecule has 1 saturated heterocycles. The zero-order valence-electron chi connectivity index (χ0n) is 13.5. The van der Waals surface area contributed by atoms with Crippen LogP contribution in [0.2, 0.25) is 0 Å². The zero-order valence-corrected chi connectivity index (χ0v) is 14.3. The van der Waals surface area contributed by atoms with Crippen molar-refractivity contribution in [1.29, 1.82) is 0 Å². The molecule has 1 aliphatic heterocycles. The van der Waals surface area contributed by atoms with E-state index in [0.717, 1.165) is 31.5 Å². The Morgan fingerprint density at radius 1 is 0.880 bits per heavy atom. The number of halogens is 1. The molecule has 0 bridgehead atoms. The van der Waals surface area contributed by atoms with Crippen LogP contribution < -0.4 is 0 Å². The molecule has 0 unspecified atom stereocenters. The van der Waals surface area contributed by atoms with E-state index < -0.39 is 5.78 Å². The Balaban J connectivity index is 0.00000182. The van der Waals surface area contributed by atoms with Crippen molar-refractivity contribution in [2.75, 3.05) is 13.1 Å². The van der Waals surface area contributed by atoms with Crippen LogP contribution >= 0.6 is 12.4 Å². The molecule has 0 saturated carbocycles. The van der Waals surface area contributed by atoms with E-state index >= 15 is 0 Å². The van der Waals surface area contributed by atoms with Crippen LogP contribution in [0.25, 0.3) is 0 Å². The summed E-state index contributed by atoms with van der Waals surface area (Å²) in [5.41, 5.74) is 1.17. The molecule has 1 fully saturated rings. The normalized spacial score (nSPS) is 16.3. The van der Waals surface area contributed by atoms with E-state index in [1.165, 1.54) is 18.2 Å². The average Bonchev–Trinajstić information content (AvgIpc) is 3.05. The van der Waals surface area contributed by atoms with Crippen LogP contribution in [-0.4, -0.2) is 39.8 Å². The smallest absolute Gasteiger partial charge is 0.201 e. The van der Waals surface area contributed by atoms with Crippen LogP contribution in [0.15, 0.2) is 30.3 Å². The van der Waals surface area contributed by atoms with Crippen molar-refractivity contribution in [2.24, 2.45) is 0 Å². The molecule has 2 aliphatic rings. The number of carbonyl (C=O) groups excluding carboxylic acids is 2. The first-order valence-electron chi connectivity index (χ1n) is 8.06. The number of aromatic hydroxyl groups is 2. The highest BCUT2D eigenvalue weighted by atomic mass is 35.5. The summed E-state index contributed by atoms with van der Waals surface area (Å²) in [4.78, 5) is 27.7. The van der Waals surface area contributed by atoms with Crippen molar-refractivity contribution in [1.82, 2.24) is 4.90 Å². The summed E-state index contributed by atoms with van der Waals surface area (Å²) in [7, 11) is 0. The molecule has 2 N–H and O–H groups in total. The molecule has 0 radical (unpaired) electrons. The lowest BCUT2D eigenvalue weighted by Crippen LogP contribution is -2.23. The van der Waals surface area contributed by atoms with Crippen molar-refractivity contribution >= 4 is 24.0 Å². The van der Waals surface area contributed by atoms with Gasteiger partial charge in [0.15, 0.2) is 5.78 Å². The number of phenols is 2. The summed E-state index contributed by atoms with van der Waals surface area (Å²) in [6.07, 6.45) is 2.31. The van der Waals surface area contributed by atoms with Crippen molar-refractivity contribution in [2.45, 2.75) is 19.4 Å². The standard InChI is InChI=1S/C19H17NO4.ClH/c21-14-5-3-4-12-16(14)19(24)17-13(18(12)23)8-11(9-15(17)22)10-20-6-1-2-7-20;/h3-5,8-9,21-22H,1-2,6-7,10H2;1H. The number of nitrogens with zero attached hydrogens (tertiary/aromatic N) is 1. The molecule has 130 valence electrons. The first-order chi connectivity index (χ1) is 11.6. The Morgan fingerprint density at radius 2 is 1.56 bits per heavy atom. The Labute approximate surface area is 151 Å². The summed E-state index contributed by atoms with van der Waals surface area (Å²) in [6.45, 7) is 2.65. The van der Waals surface area contributed by atoms with E-state index in [4.69, 9.17) is 0 Å². The number of carbonyl (C=O) groups is 2. The van der Waals surface area contributed by atoms with Crippen LogP contribution in [0.4, 0.5) is 0 Å². The molecule has 4 rings (SSSR count). The monoisotopic (exact) mass is 359 g/mol. The van der Waals surface area contributed by atoms with Gasteiger partial charge in [0.05, 0.1) is 11.1 Å². The fraction of sp³-hybridized carbons (Fsp3) is 0.263. The van der Waals surface area contributed by atoms with E-state index in [-0.39, 0.29) is 51.9 Å². The third kappa shape index (κ3) is 2.79. The fourth-order valence-corrected chi connectivity index (χ4v) is 3.63. The summed E-state index contributed by atoms with van der Waals surface area (Å²) >= 11 is 0. The van der Waals surface area contributed by atoms with Crippen molar-refractivity contribution in [3.63, 3.8) is 0 Å². The Kier molecular flexibility index (Phi) is 4.54. The van der Waals surface area contributed by atoms with Gasteiger partial charge in [-0.15, -0.1) is 12.4 Å². The largest absolute Gasteiger partial charge is 0.507 e. The predicted molar refractivity (Wildman–Crippen MR) is 94.8 cm³/mol. The summed E-state index contributed by atoms with van der Waals surface area (Å²) in [5.74, 6) is -1.29. The van der Waals surface area contributed by atoms with E-state index in [1.54, 1.807) is 12.1 Å². The minimum atomic E-state index is -0.511. The minimum absolute atomic E-state index is 0. The van der Waals surface area contributed by atoms with Gasteiger partial charge < -0.3 is 10.2 Å². The number of ketones is 2. The number of benzene rings is 2. The molecule has 0 spiro atoms. The fourth-order valence-electron chi connectivity index (χ4n) is 3.63. The van der Waals surface area contributed by atoms with Crippen molar-refractivity contribution < 1.29 is 19.8 Å². The number of fused-ring (bicyclic) bond motifs is 2. The van der Waals surface area contributed by atoms with E-state index in [2.05, 4.69) is 4.90 Å². The summed E-state index contributed by atoms with van der Waals surface area (Å²) in [6, 6.07) is 7.68. The molecule has 0 atom stereocenters. The first-order valence-corrected chi connectivity index (χ1v) is 8.06. The molecule has 0 aromatic heterocycles. The van der Waals surface area contributed by atoms with Gasteiger partial charge in [0, 0.05) is 17.7 Å². The lowest BCUT2D eigenvalue weighted by atomic mass is 9.82. The Hall–Kier alpha value is -2.37. The number of hydrogen-bond acceptors (Lipinski definition) is 5. The molecular weight excluding hydrogens is 342 g/mol. The molecule has 2 aromatic carbocycles. The van der Waals surface area contributed by atoms with Crippen LogP contribution in [-0.2, 0) is 6.54 Å². The van der Waals surface area contributed by atoms with Gasteiger partial charge in [0.1, 0.15) is 11.5 Å². The lowest BCUT2D eigenvalue weighted by molar-refractivity contribution is 0.0974. The maximum absolute atomic E-state index is 12.8. The van der Waals surface area contributed by atoms with Gasteiger partial charge in [-0.2, -0.15) is 0 Å². The van der Waals surface area contributed by atoms with Gasteiger partial charge in [-0.3, -0.25) is 14.5 Å². The van der Waals surface area contributed by atoms with E-state index in [0.29, 0.717) is 6.54 Å². The second-order valence-electron chi connectivity index (χ2n) is 6.38. The van der Waals surface area contributed by atoms with Gasteiger partial charge in [-0.05, 0) is 49.7 Å². The summed E-state index contributed by atoms with van der Waals surface area (Å²) in [5, 5.41) is 20.3. The van der Waals surface area contributed by atoms with Gasteiger partial charge in [-0.1, -0.05) is 12.1 Å². The lowest BCUT2D eigenvalue weighted by Gasteiger charge is -2.21. The molecule has 5 nitrogen and oxygen atoms in total. The molecule has 2 aromatic rings. The second-order valence-corrected chi connectivity index (χ2v) is 6.38. The van der Waals surface area contributed by atoms with Crippen LogP contribution in [0.5, 0.6) is 11.5 Å². The zero-order chi connectivity index (χ0) is 16.8. The Morgan fingerprint density at radius 3 is 2.28 bits per heavy atom. The van der Waals surface area contributed by atoms with Crippen LogP contribution in [0.3, 0.4) is 0 Å². The SMILES string of the molecule is Cl.O=C1c2cccc(O)c2C(=O)c2c(O)cc(CN3CCCC3)cc21. The van der Waals surface area contributed by atoms with Crippen LogP contribution in [0, 0.1) is 0 Å². The number of hydrogen-bond donors (Lipinski definition) is 2. The van der Waals surface area contributed by atoms with Gasteiger partial charge >= 0.3 is 0 Å². The number of rotatable bonds is 2. The third-order valence-corrected chi connectivity index (χ3v) is 4.77. The van der Waals surface area contributed by atoms with Crippen molar-refractivity contribution in [3.05, 3.63) is 58.1 Å². The van der Waals surface area contributed by atoms with Gasteiger partial charge in [0.25, 0.3) is 0 Å². The molecule has 1 heterocycles. The van der Waals surface area contributed by atoms with E-state index in [9.17, 15) is 19.8 Å².